The molecule has 0 bridgehead atoms. The Hall–Kier alpha value is -0.650. The molecule has 0 fully saturated rings. The van der Waals surface area contributed by atoms with Gasteiger partial charge >= 0.3 is 6.18 Å². The Kier molecular flexibility index (Phi) is 3.47. The van der Waals surface area contributed by atoms with Gasteiger partial charge in [-0.25, -0.2) is 4.98 Å². The number of imidazole rings is 1. The number of hydrogen-bond acceptors (Lipinski definition) is 2. The molecule has 0 N–H and O–H groups in total. The summed E-state index contributed by atoms with van der Waals surface area (Å²) in [4.78, 5) is 3.87. The van der Waals surface area contributed by atoms with Crippen LogP contribution in [0.4, 0.5) is 13.2 Å². The van der Waals surface area contributed by atoms with Crippen molar-refractivity contribution in [1.29, 1.82) is 0 Å². The number of hydrogen-bond donors (Lipinski definition) is 0. The van der Waals surface area contributed by atoms with Gasteiger partial charge in [-0.05, 0) is 13.8 Å². The Morgan fingerprint density at radius 1 is 1.57 bits per heavy atom. The highest BCUT2D eigenvalue weighted by Gasteiger charge is 2.37. The fourth-order valence-electron chi connectivity index (χ4n) is 0.879. The Morgan fingerprint density at radius 2 is 2.21 bits per heavy atom. The molecule has 0 radical (unpaired) electrons. The second kappa shape index (κ2) is 4.25. The highest BCUT2D eigenvalue weighted by Crippen LogP contribution is 2.33. The van der Waals surface area contributed by atoms with Gasteiger partial charge in [-0.3, -0.25) is 0 Å². The van der Waals surface area contributed by atoms with E-state index in [4.69, 9.17) is 0 Å². The third-order valence-electron chi connectivity index (χ3n) is 1.76. The van der Waals surface area contributed by atoms with Crippen LogP contribution in [0.2, 0.25) is 0 Å². The van der Waals surface area contributed by atoms with Gasteiger partial charge in [0.05, 0.1) is 0 Å². The van der Waals surface area contributed by atoms with Gasteiger partial charge in [0.25, 0.3) is 0 Å². The van der Waals surface area contributed by atoms with Gasteiger partial charge in [-0.2, -0.15) is 13.2 Å². The monoisotopic (exact) mass is 224 g/mol. The Bertz CT molecular complexity index is 295. The maximum Gasteiger partial charge on any atom is 0.400 e. The highest BCUT2D eigenvalue weighted by molar-refractivity contribution is 7.99. The fourth-order valence-corrected chi connectivity index (χ4v) is 1.78. The molecule has 0 aliphatic heterocycles. The number of alkyl halides is 3. The van der Waals surface area contributed by atoms with E-state index >= 15 is 0 Å². The van der Waals surface area contributed by atoms with Crippen molar-refractivity contribution in [3.63, 3.8) is 0 Å². The number of halogens is 3. The van der Waals surface area contributed by atoms with Gasteiger partial charge in [0.1, 0.15) is 5.25 Å². The molecular formula is C8H11F3N2S. The van der Waals surface area contributed by atoms with Crippen LogP contribution in [-0.2, 0) is 6.54 Å². The third-order valence-corrected chi connectivity index (χ3v) is 2.93. The van der Waals surface area contributed by atoms with Crippen LogP contribution in [0.3, 0.4) is 0 Å². The zero-order chi connectivity index (χ0) is 10.8. The number of aryl methyl sites for hydroxylation is 1. The van der Waals surface area contributed by atoms with Crippen molar-refractivity contribution in [3.05, 3.63) is 12.4 Å². The molecule has 1 rings (SSSR count). The standard InChI is InChI=1S/C8H11F3N2S/c1-3-13-5-4-12-7(13)14-6(2)8(9,10)11/h4-6H,3H2,1-2H3. The van der Waals surface area contributed by atoms with Crippen molar-refractivity contribution in [2.75, 3.05) is 0 Å². The first-order valence-corrected chi connectivity index (χ1v) is 5.07. The molecule has 0 spiro atoms. The summed E-state index contributed by atoms with van der Waals surface area (Å²) in [6.45, 7) is 3.64. The zero-order valence-electron chi connectivity index (χ0n) is 7.88. The maximum absolute atomic E-state index is 12.2. The minimum Gasteiger partial charge on any atom is -0.326 e. The molecular weight excluding hydrogens is 213 g/mol. The second-order valence-corrected chi connectivity index (χ2v) is 4.11. The summed E-state index contributed by atoms with van der Waals surface area (Å²) in [5, 5.41) is -1.01. The fraction of sp³-hybridized carbons (Fsp3) is 0.625. The molecule has 1 atom stereocenters. The number of rotatable bonds is 3. The molecule has 1 heterocycles. The van der Waals surface area contributed by atoms with Crippen LogP contribution in [0.15, 0.2) is 17.6 Å². The van der Waals surface area contributed by atoms with E-state index < -0.39 is 11.4 Å². The van der Waals surface area contributed by atoms with Crippen LogP contribution in [0, 0.1) is 0 Å². The Balaban J connectivity index is 2.69. The molecule has 0 saturated heterocycles. The van der Waals surface area contributed by atoms with Gasteiger partial charge in [0.2, 0.25) is 0 Å². The summed E-state index contributed by atoms with van der Waals surface area (Å²) in [7, 11) is 0. The minimum atomic E-state index is -4.17. The summed E-state index contributed by atoms with van der Waals surface area (Å²) in [6, 6.07) is 0. The summed E-state index contributed by atoms with van der Waals surface area (Å²) >= 11 is 0.735. The molecule has 0 aliphatic carbocycles. The van der Waals surface area contributed by atoms with E-state index in [0.29, 0.717) is 11.7 Å². The molecule has 1 unspecified atom stereocenters. The first kappa shape index (κ1) is 11.4. The van der Waals surface area contributed by atoms with Crippen molar-refractivity contribution in [3.8, 4) is 0 Å². The average molecular weight is 224 g/mol. The molecule has 0 aliphatic rings. The molecule has 0 aromatic carbocycles. The molecule has 2 nitrogen and oxygen atoms in total. The van der Waals surface area contributed by atoms with Crippen molar-refractivity contribution < 1.29 is 13.2 Å². The van der Waals surface area contributed by atoms with Crippen LogP contribution >= 0.6 is 11.8 Å². The van der Waals surface area contributed by atoms with E-state index in [-0.39, 0.29) is 0 Å². The highest BCUT2D eigenvalue weighted by atomic mass is 32.2. The maximum atomic E-state index is 12.2. The van der Waals surface area contributed by atoms with Crippen molar-refractivity contribution in [2.24, 2.45) is 0 Å². The quantitative estimate of drug-likeness (QED) is 0.734. The average Bonchev–Trinajstić information content (AvgIpc) is 2.50. The van der Waals surface area contributed by atoms with Crippen molar-refractivity contribution in [1.82, 2.24) is 9.55 Å². The van der Waals surface area contributed by atoms with Crippen LogP contribution in [-0.4, -0.2) is 21.0 Å². The second-order valence-electron chi connectivity index (χ2n) is 2.80. The van der Waals surface area contributed by atoms with Crippen LogP contribution in [0.1, 0.15) is 13.8 Å². The van der Waals surface area contributed by atoms with Gasteiger partial charge in [0.15, 0.2) is 5.16 Å². The SMILES string of the molecule is CCn1ccnc1SC(C)C(F)(F)F. The summed E-state index contributed by atoms with van der Waals surface area (Å²) in [5.74, 6) is 0. The molecule has 6 heteroatoms. The topological polar surface area (TPSA) is 17.8 Å². The van der Waals surface area contributed by atoms with Crippen molar-refractivity contribution in [2.45, 2.75) is 37.0 Å². The van der Waals surface area contributed by atoms with Gasteiger partial charge < -0.3 is 4.57 Å². The summed E-state index contributed by atoms with van der Waals surface area (Å²) in [6.07, 6.45) is -0.991. The molecule has 80 valence electrons. The van der Waals surface area contributed by atoms with Gasteiger partial charge in [0, 0.05) is 18.9 Å². The predicted molar refractivity (Wildman–Crippen MR) is 49.3 cm³/mol. The molecule has 1 aromatic rings. The minimum absolute atomic E-state index is 0.414. The predicted octanol–water partition coefficient (Wildman–Crippen LogP) is 2.95. The van der Waals surface area contributed by atoms with E-state index in [2.05, 4.69) is 4.98 Å². The Morgan fingerprint density at radius 3 is 2.71 bits per heavy atom. The van der Waals surface area contributed by atoms with Crippen LogP contribution in [0.5, 0.6) is 0 Å². The van der Waals surface area contributed by atoms with Crippen LogP contribution < -0.4 is 0 Å². The van der Waals surface area contributed by atoms with E-state index in [1.807, 2.05) is 6.92 Å². The van der Waals surface area contributed by atoms with Gasteiger partial charge in [-0.15, -0.1) is 0 Å². The number of aromatic nitrogens is 2. The van der Waals surface area contributed by atoms with E-state index in [1.54, 1.807) is 10.8 Å². The largest absolute Gasteiger partial charge is 0.400 e. The molecule has 1 aromatic heterocycles. The van der Waals surface area contributed by atoms with Crippen molar-refractivity contribution >= 4 is 11.8 Å². The lowest BCUT2D eigenvalue weighted by Gasteiger charge is -2.14. The molecule has 14 heavy (non-hydrogen) atoms. The van der Waals surface area contributed by atoms with E-state index in [1.165, 1.54) is 6.20 Å². The lowest BCUT2D eigenvalue weighted by Crippen LogP contribution is -2.22. The number of thioether (sulfide) groups is 1. The third kappa shape index (κ3) is 2.67. The Labute approximate surface area is 84.5 Å². The van der Waals surface area contributed by atoms with Gasteiger partial charge in [-0.1, -0.05) is 11.8 Å². The molecule has 0 amide bonds. The lowest BCUT2D eigenvalue weighted by molar-refractivity contribution is -0.125. The first-order chi connectivity index (χ1) is 6.45. The summed E-state index contributed by atoms with van der Waals surface area (Å²) in [5.41, 5.74) is 0. The normalized spacial score (nSPS) is 14.4. The summed E-state index contributed by atoms with van der Waals surface area (Å²) < 4.78 is 38.3. The number of nitrogens with zero attached hydrogens (tertiary/aromatic N) is 2. The zero-order valence-corrected chi connectivity index (χ0v) is 8.69. The lowest BCUT2D eigenvalue weighted by atomic mass is 10.5. The molecule has 0 saturated carbocycles. The first-order valence-electron chi connectivity index (χ1n) is 4.19. The van der Waals surface area contributed by atoms with E-state index in [0.717, 1.165) is 18.7 Å². The van der Waals surface area contributed by atoms with E-state index in [9.17, 15) is 13.2 Å². The van der Waals surface area contributed by atoms with Crippen LogP contribution in [0.25, 0.3) is 0 Å². The smallest absolute Gasteiger partial charge is 0.326 e.